The average molecular weight is 327 g/mol. The number of rotatable bonds is 9. The van der Waals surface area contributed by atoms with E-state index in [1.54, 1.807) is 0 Å². The van der Waals surface area contributed by atoms with E-state index >= 15 is 0 Å². The third-order valence-corrected chi connectivity index (χ3v) is 4.47. The summed E-state index contributed by atoms with van der Waals surface area (Å²) in [5.74, 6) is 0.0429. The van der Waals surface area contributed by atoms with Crippen LogP contribution in [0.5, 0.6) is 0 Å². The molecule has 0 atom stereocenters. The van der Waals surface area contributed by atoms with Crippen LogP contribution in [0.4, 0.5) is 0 Å². The van der Waals surface area contributed by atoms with Gasteiger partial charge in [-0.2, -0.15) is 0 Å². The van der Waals surface area contributed by atoms with Crippen molar-refractivity contribution in [2.45, 2.75) is 33.6 Å². The maximum Gasteiger partial charge on any atom is 0.272 e. The minimum Gasteiger partial charge on any atom is -0.336 e. The summed E-state index contributed by atoms with van der Waals surface area (Å²) in [6.45, 7) is 11.0. The molecule has 0 spiro atoms. The fourth-order valence-corrected chi connectivity index (χ4v) is 2.81. The zero-order valence-electron chi connectivity index (χ0n) is 15.2. The topological polar surface area (TPSA) is 36.4 Å². The first-order valence-corrected chi connectivity index (χ1v) is 9.07. The Balaban J connectivity index is 2.14. The molecule has 0 unspecified atom stereocenters. The van der Waals surface area contributed by atoms with E-state index in [9.17, 15) is 4.79 Å². The van der Waals surface area contributed by atoms with Gasteiger partial charge >= 0.3 is 0 Å². The van der Waals surface area contributed by atoms with Crippen molar-refractivity contribution in [3.8, 4) is 0 Å². The molecule has 2 rings (SSSR count). The van der Waals surface area contributed by atoms with Gasteiger partial charge < -0.3 is 9.80 Å². The molecule has 1 heterocycles. The Morgan fingerprint density at radius 3 is 2.42 bits per heavy atom. The molecule has 0 aliphatic rings. The lowest BCUT2D eigenvalue weighted by molar-refractivity contribution is 0.0729. The molecule has 4 nitrogen and oxygen atoms in total. The van der Waals surface area contributed by atoms with Crippen LogP contribution < -0.4 is 0 Å². The first-order valence-electron chi connectivity index (χ1n) is 9.07. The second kappa shape index (κ2) is 9.38. The molecule has 0 fully saturated rings. The number of para-hydroxylation sites is 1. The molecule has 0 bridgehead atoms. The molecule has 24 heavy (non-hydrogen) atoms. The summed E-state index contributed by atoms with van der Waals surface area (Å²) in [7, 11) is 0. The summed E-state index contributed by atoms with van der Waals surface area (Å²) in [4.78, 5) is 21.8. The van der Waals surface area contributed by atoms with Crippen molar-refractivity contribution >= 4 is 16.8 Å². The van der Waals surface area contributed by atoms with Gasteiger partial charge in [-0.3, -0.25) is 4.79 Å². The number of unbranched alkanes of at least 4 members (excludes halogenated alkanes) is 1. The van der Waals surface area contributed by atoms with Crippen LogP contribution in [0.1, 0.15) is 44.1 Å². The minimum atomic E-state index is 0.0429. The van der Waals surface area contributed by atoms with Gasteiger partial charge in [-0.15, -0.1) is 0 Å². The fourth-order valence-electron chi connectivity index (χ4n) is 2.81. The van der Waals surface area contributed by atoms with Crippen LogP contribution in [0.2, 0.25) is 0 Å². The van der Waals surface area contributed by atoms with E-state index in [-0.39, 0.29) is 5.91 Å². The molecule has 1 amide bonds. The summed E-state index contributed by atoms with van der Waals surface area (Å²) in [6.07, 6.45) is 2.11. The van der Waals surface area contributed by atoms with Crippen LogP contribution in [-0.4, -0.2) is 53.4 Å². The fraction of sp³-hybridized carbons (Fsp3) is 0.500. The van der Waals surface area contributed by atoms with Crippen LogP contribution >= 0.6 is 0 Å². The van der Waals surface area contributed by atoms with E-state index < -0.39 is 0 Å². The molecular formula is C20H29N3O. The van der Waals surface area contributed by atoms with Gasteiger partial charge in [-0.25, -0.2) is 4.98 Å². The molecule has 0 aliphatic heterocycles. The molecule has 1 aromatic carbocycles. The Morgan fingerprint density at radius 1 is 0.958 bits per heavy atom. The summed E-state index contributed by atoms with van der Waals surface area (Å²) in [5.41, 5.74) is 1.42. The minimum absolute atomic E-state index is 0.0429. The molecule has 0 saturated carbocycles. The number of likely N-dealkylation sites (N-methyl/N-ethyl adjacent to an activating group) is 1. The number of fused-ring (bicyclic) bond motifs is 1. The normalized spacial score (nSPS) is 11.2. The van der Waals surface area contributed by atoms with Gasteiger partial charge in [0.25, 0.3) is 5.91 Å². The number of nitrogens with zero attached hydrogens (tertiary/aromatic N) is 3. The number of aromatic nitrogens is 1. The van der Waals surface area contributed by atoms with E-state index in [1.165, 1.54) is 0 Å². The molecule has 0 saturated heterocycles. The van der Waals surface area contributed by atoms with E-state index in [0.29, 0.717) is 5.69 Å². The Morgan fingerprint density at radius 2 is 1.71 bits per heavy atom. The number of hydrogen-bond acceptors (Lipinski definition) is 3. The van der Waals surface area contributed by atoms with E-state index in [0.717, 1.165) is 56.5 Å². The van der Waals surface area contributed by atoms with Crippen LogP contribution in [0.3, 0.4) is 0 Å². The Hall–Kier alpha value is -1.94. The maximum absolute atomic E-state index is 12.9. The number of benzene rings is 1. The Bertz CT molecular complexity index is 652. The van der Waals surface area contributed by atoms with Gasteiger partial charge in [0.15, 0.2) is 0 Å². The number of amides is 1. The lowest BCUT2D eigenvalue weighted by Crippen LogP contribution is -2.39. The zero-order valence-corrected chi connectivity index (χ0v) is 15.2. The van der Waals surface area contributed by atoms with Gasteiger partial charge in [-0.1, -0.05) is 51.5 Å². The smallest absolute Gasteiger partial charge is 0.272 e. The lowest BCUT2D eigenvalue weighted by atomic mass is 10.2. The standard InChI is InChI=1S/C20H29N3O/c1-4-7-14-23(16-15-22(5-2)6-3)20(24)19-13-12-17-10-8-9-11-18(17)21-19/h8-13H,4-7,14-16H2,1-3H3. The van der Waals surface area contributed by atoms with E-state index in [1.807, 2.05) is 41.3 Å². The highest BCUT2D eigenvalue weighted by molar-refractivity contribution is 5.94. The quantitative estimate of drug-likeness (QED) is 0.702. The Labute approximate surface area is 145 Å². The molecule has 4 heteroatoms. The van der Waals surface area contributed by atoms with Crippen molar-refractivity contribution in [3.63, 3.8) is 0 Å². The largest absolute Gasteiger partial charge is 0.336 e. The zero-order chi connectivity index (χ0) is 17.4. The number of carbonyl (C=O) groups is 1. The van der Waals surface area contributed by atoms with Gasteiger partial charge in [0.05, 0.1) is 5.52 Å². The van der Waals surface area contributed by atoms with Gasteiger partial charge in [0.1, 0.15) is 5.69 Å². The molecule has 1 aromatic heterocycles. The number of pyridine rings is 1. The predicted molar refractivity (Wildman–Crippen MR) is 100 cm³/mol. The van der Waals surface area contributed by atoms with Crippen LogP contribution in [0, 0.1) is 0 Å². The summed E-state index contributed by atoms with van der Waals surface area (Å²) in [5, 5.41) is 1.07. The first-order chi connectivity index (χ1) is 11.7. The monoisotopic (exact) mass is 327 g/mol. The summed E-state index contributed by atoms with van der Waals surface area (Å²) < 4.78 is 0. The Kier molecular flexibility index (Phi) is 7.19. The number of carbonyl (C=O) groups excluding carboxylic acids is 1. The van der Waals surface area contributed by atoms with Crippen LogP contribution in [-0.2, 0) is 0 Å². The van der Waals surface area contributed by atoms with Gasteiger partial charge in [0.2, 0.25) is 0 Å². The highest BCUT2D eigenvalue weighted by Gasteiger charge is 2.17. The van der Waals surface area contributed by atoms with Gasteiger partial charge in [-0.05, 0) is 31.6 Å². The third kappa shape index (κ3) is 4.78. The van der Waals surface area contributed by atoms with Crippen LogP contribution in [0.25, 0.3) is 10.9 Å². The second-order valence-corrected chi connectivity index (χ2v) is 6.06. The molecule has 130 valence electrons. The van der Waals surface area contributed by atoms with E-state index in [4.69, 9.17) is 0 Å². The van der Waals surface area contributed by atoms with Crippen molar-refractivity contribution in [2.75, 3.05) is 32.7 Å². The van der Waals surface area contributed by atoms with Crippen molar-refractivity contribution in [1.82, 2.24) is 14.8 Å². The van der Waals surface area contributed by atoms with Crippen molar-refractivity contribution in [1.29, 1.82) is 0 Å². The molecule has 0 radical (unpaired) electrons. The maximum atomic E-state index is 12.9. The van der Waals surface area contributed by atoms with Crippen molar-refractivity contribution < 1.29 is 4.79 Å². The molecule has 0 N–H and O–H groups in total. The SMILES string of the molecule is CCCCN(CCN(CC)CC)C(=O)c1ccc2ccccc2n1. The van der Waals surface area contributed by atoms with Crippen molar-refractivity contribution in [3.05, 3.63) is 42.1 Å². The highest BCUT2D eigenvalue weighted by Crippen LogP contribution is 2.13. The predicted octanol–water partition coefficient (Wildman–Crippen LogP) is 3.82. The third-order valence-electron chi connectivity index (χ3n) is 4.47. The second-order valence-electron chi connectivity index (χ2n) is 6.06. The molecule has 0 aliphatic carbocycles. The van der Waals surface area contributed by atoms with Crippen LogP contribution in [0.15, 0.2) is 36.4 Å². The molecular weight excluding hydrogens is 298 g/mol. The first kappa shape index (κ1) is 18.4. The average Bonchev–Trinajstić information content (AvgIpc) is 2.64. The van der Waals surface area contributed by atoms with Gasteiger partial charge in [0, 0.05) is 25.0 Å². The number of hydrogen-bond donors (Lipinski definition) is 0. The summed E-state index contributed by atoms with van der Waals surface area (Å²) >= 11 is 0. The molecule has 2 aromatic rings. The summed E-state index contributed by atoms with van der Waals surface area (Å²) in [6, 6.07) is 11.8. The van der Waals surface area contributed by atoms with Crippen molar-refractivity contribution in [2.24, 2.45) is 0 Å². The lowest BCUT2D eigenvalue weighted by Gasteiger charge is -2.26. The van der Waals surface area contributed by atoms with E-state index in [2.05, 4.69) is 30.7 Å². The highest BCUT2D eigenvalue weighted by atomic mass is 16.2.